The van der Waals surface area contributed by atoms with E-state index in [4.69, 9.17) is 0 Å². The van der Waals surface area contributed by atoms with Crippen molar-refractivity contribution in [1.29, 1.82) is 0 Å². The summed E-state index contributed by atoms with van der Waals surface area (Å²) in [5.41, 5.74) is 6.44. The largest absolute Gasteiger partial charge is 0.325 e. The number of hydrogen-bond donors (Lipinski definition) is 1. The van der Waals surface area contributed by atoms with Crippen LogP contribution in [0.4, 0.5) is 5.69 Å². The maximum atomic E-state index is 12.5. The number of aromatic nitrogens is 5. The van der Waals surface area contributed by atoms with Gasteiger partial charge >= 0.3 is 0 Å². The zero-order valence-electron chi connectivity index (χ0n) is 17.1. The lowest BCUT2D eigenvalue weighted by Crippen LogP contribution is -2.16. The van der Waals surface area contributed by atoms with E-state index in [9.17, 15) is 4.79 Å². The van der Waals surface area contributed by atoms with Crippen molar-refractivity contribution in [2.24, 2.45) is 0 Å². The standard InChI is InChI=1S/C23H20N6OS/c1-15-7-6-8-16(2)21(15)24-20(30)14-31-23-26-25-22-19-13-18(17-9-4-3-5-10-17)27-29(19)12-11-28(22)23/h3-13H,14H2,1-2H3,(H,24,30). The van der Waals surface area contributed by atoms with Crippen LogP contribution >= 0.6 is 11.8 Å². The van der Waals surface area contributed by atoms with E-state index >= 15 is 0 Å². The third kappa shape index (κ3) is 3.66. The molecule has 2 aromatic carbocycles. The molecule has 0 aliphatic carbocycles. The predicted octanol–water partition coefficient (Wildman–Crippen LogP) is 4.39. The Bertz CT molecular complexity index is 1390. The Kier molecular flexibility index (Phi) is 4.91. The second kappa shape index (κ2) is 7.88. The molecule has 0 unspecified atom stereocenters. The van der Waals surface area contributed by atoms with Crippen molar-refractivity contribution < 1.29 is 4.79 Å². The summed E-state index contributed by atoms with van der Waals surface area (Å²) >= 11 is 1.36. The number of benzene rings is 2. The molecule has 5 rings (SSSR count). The van der Waals surface area contributed by atoms with E-state index in [1.54, 1.807) is 4.52 Å². The number of anilines is 1. The molecule has 3 aromatic heterocycles. The minimum absolute atomic E-state index is 0.0732. The molecule has 0 radical (unpaired) electrons. The molecule has 0 saturated carbocycles. The molecule has 1 amide bonds. The monoisotopic (exact) mass is 428 g/mol. The first-order chi connectivity index (χ1) is 15.1. The molecular formula is C23H20N6OS. The van der Waals surface area contributed by atoms with Crippen molar-refractivity contribution in [1.82, 2.24) is 24.2 Å². The van der Waals surface area contributed by atoms with E-state index in [-0.39, 0.29) is 11.7 Å². The van der Waals surface area contributed by atoms with E-state index in [0.717, 1.165) is 33.6 Å². The van der Waals surface area contributed by atoms with Gasteiger partial charge in [0.2, 0.25) is 5.91 Å². The van der Waals surface area contributed by atoms with Crippen molar-refractivity contribution in [2.75, 3.05) is 11.1 Å². The SMILES string of the molecule is Cc1cccc(C)c1NC(=O)CSc1nnc2c3cc(-c4ccccc4)nn3ccn12. The molecule has 31 heavy (non-hydrogen) atoms. The molecule has 0 spiro atoms. The topological polar surface area (TPSA) is 76.6 Å². The van der Waals surface area contributed by atoms with Crippen molar-refractivity contribution in [2.45, 2.75) is 19.0 Å². The van der Waals surface area contributed by atoms with E-state index in [1.165, 1.54) is 11.8 Å². The molecule has 0 aliphatic rings. The van der Waals surface area contributed by atoms with Crippen LogP contribution in [0.15, 0.2) is 72.1 Å². The van der Waals surface area contributed by atoms with Crippen molar-refractivity contribution in [3.8, 4) is 11.3 Å². The van der Waals surface area contributed by atoms with Crippen LogP contribution in [0, 0.1) is 13.8 Å². The highest BCUT2D eigenvalue weighted by Crippen LogP contribution is 2.25. The first-order valence-corrected chi connectivity index (χ1v) is 10.9. The minimum Gasteiger partial charge on any atom is -0.325 e. The molecule has 3 heterocycles. The second-order valence-corrected chi connectivity index (χ2v) is 8.25. The van der Waals surface area contributed by atoms with Gasteiger partial charge in [0.25, 0.3) is 0 Å². The molecule has 0 aliphatic heterocycles. The number of nitrogens with one attached hydrogen (secondary N) is 1. The summed E-state index contributed by atoms with van der Waals surface area (Å²) in [5, 5.41) is 17.0. The van der Waals surface area contributed by atoms with Crippen LogP contribution in [0.1, 0.15) is 11.1 Å². The number of carbonyl (C=O) groups excluding carboxylic acids is 1. The second-order valence-electron chi connectivity index (χ2n) is 7.30. The Balaban J connectivity index is 1.38. The van der Waals surface area contributed by atoms with Gasteiger partial charge in [-0.3, -0.25) is 9.20 Å². The zero-order valence-corrected chi connectivity index (χ0v) is 17.9. The van der Waals surface area contributed by atoms with Gasteiger partial charge in [-0.25, -0.2) is 4.52 Å². The first-order valence-electron chi connectivity index (χ1n) is 9.87. The number of para-hydroxylation sites is 1. The maximum Gasteiger partial charge on any atom is 0.234 e. The Morgan fingerprint density at radius 2 is 1.77 bits per heavy atom. The summed E-state index contributed by atoms with van der Waals surface area (Å²) in [4.78, 5) is 12.5. The number of carbonyl (C=O) groups is 1. The van der Waals surface area contributed by atoms with Crippen LogP contribution in [0.3, 0.4) is 0 Å². The fourth-order valence-electron chi connectivity index (χ4n) is 3.56. The molecule has 0 bridgehead atoms. The van der Waals surface area contributed by atoms with E-state index in [2.05, 4.69) is 20.6 Å². The fourth-order valence-corrected chi connectivity index (χ4v) is 4.27. The summed E-state index contributed by atoms with van der Waals surface area (Å²) in [7, 11) is 0. The van der Waals surface area contributed by atoms with Gasteiger partial charge in [0, 0.05) is 23.6 Å². The first kappa shape index (κ1) is 19.3. The van der Waals surface area contributed by atoms with Crippen molar-refractivity contribution >= 4 is 34.5 Å². The van der Waals surface area contributed by atoms with Gasteiger partial charge in [0.15, 0.2) is 10.8 Å². The number of fused-ring (bicyclic) bond motifs is 3. The summed E-state index contributed by atoms with van der Waals surface area (Å²) in [6.45, 7) is 3.98. The van der Waals surface area contributed by atoms with Gasteiger partial charge < -0.3 is 5.32 Å². The summed E-state index contributed by atoms with van der Waals surface area (Å²) in [6, 6.07) is 18.0. The lowest BCUT2D eigenvalue weighted by atomic mass is 10.1. The molecule has 5 aromatic rings. The highest BCUT2D eigenvalue weighted by Gasteiger charge is 2.14. The Labute approximate surface area is 183 Å². The normalized spacial score (nSPS) is 11.3. The Morgan fingerprint density at radius 1 is 1.00 bits per heavy atom. The van der Waals surface area contributed by atoms with Crippen LogP contribution in [0.2, 0.25) is 0 Å². The average Bonchev–Trinajstić information content (AvgIpc) is 3.39. The summed E-state index contributed by atoms with van der Waals surface area (Å²) < 4.78 is 3.69. The number of nitrogens with zero attached hydrogens (tertiary/aromatic N) is 5. The van der Waals surface area contributed by atoms with Gasteiger partial charge in [-0.2, -0.15) is 5.10 Å². The van der Waals surface area contributed by atoms with Gasteiger partial charge in [-0.1, -0.05) is 60.3 Å². The highest BCUT2D eigenvalue weighted by atomic mass is 32.2. The molecule has 154 valence electrons. The van der Waals surface area contributed by atoms with Gasteiger partial charge in [0.05, 0.1) is 11.4 Å². The van der Waals surface area contributed by atoms with E-state index < -0.39 is 0 Å². The quantitative estimate of drug-likeness (QED) is 0.420. The minimum atomic E-state index is -0.0732. The number of aryl methyl sites for hydroxylation is 2. The molecule has 7 nitrogen and oxygen atoms in total. The maximum absolute atomic E-state index is 12.5. The Morgan fingerprint density at radius 3 is 2.55 bits per heavy atom. The van der Waals surface area contributed by atoms with Crippen molar-refractivity contribution in [3.05, 3.63) is 78.1 Å². The third-order valence-electron chi connectivity index (χ3n) is 5.13. The predicted molar refractivity (Wildman–Crippen MR) is 122 cm³/mol. The van der Waals surface area contributed by atoms with Crippen LogP contribution in [-0.4, -0.2) is 35.9 Å². The summed E-state index contributed by atoms with van der Waals surface area (Å²) in [5.74, 6) is 0.171. The number of thioether (sulfide) groups is 1. The van der Waals surface area contributed by atoms with Gasteiger partial charge in [0.1, 0.15) is 5.52 Å². The zero-order chi connectivity index (χ0) is 21.4. The average molecular weight is 429 g/mol. The number of rotatable bonds is 5. The summed E-state index contributed by atoms with van der Waals surface area (Å²) in [6.07, 6.45) is 3.74. The Hall–Kier alpha value is -3.65. The molecular weight excluding hydrogens is 408 g/mol. The third-order valence-corrected chi connectivity index (χ3v) is 6.08. The van der Waals surface area contributed by atoms with Crippen LogP contribution in [0.25, 0.3) is 22.4 Å². The number of amides is 1. The van der Waals surface area contributed by atoms with Gasteiger partial charge in [-0.05, 0) is 31.0 Å². The molecule has 0 fully saturated rings. The van der Waals surface area contributed by atoms with Crippen LogP contribution in [-0.2, 0) is 4.79 Å². The van der Waals surface area contributed by atoms with E-state index in [1.807, 2.05) is 85.2 Å². The molecule has 0 atom stereocenters. The van der Waals surface area contributed by atoms with E-state index in [0.29, 0.717) is 10.8 Å². The molecule has 8 heteroatoms. The molecule has 0 saturated heterocycles. The lowest BCUT2D eigenvalue weighted by Gasteiger charge is -2.10. The van der Waals surface area contributed by atoms with Crippen molar-refractivity contribution in [3.63, 3.8) is 0 Å². The lowest BCUT2D eigenvalue weighted by molar-refractivity contribution is -0.113. The van der Waals surface area contributed by atoms with Crippen LogP contribution < -0.4 is 5.32 Å². The fraction of sp³-hybridized carbons (Fsp3) is 0.130. The van der Waals surface area contributed by atoms with Gasteiger partial charge in [-0.15, -0.1) is 10.2 Å². The van der Waals surface area contributed by atoms with Crippen LogP contribution in [0.5, 0.6) is 0 Å². The highest BCUT2D eigenvalue weighted by molar-refractivity contribution is 7.99. The molecule has 1 N–H and O–H groups in total. The number of hydrogen-bond acceptors (Lipinski definition) is 5. The smallest absolute Gasteiger partial charge is 0.234 e.